The summed E-state index contributed by atoms with van der Waals surface area (Å²) in [6.45, 7) is 0.675. The predicted molar refractivity (Wildman–Crippen MR) is 57.5 cm³/mol. The van der Waals surface area contributed by atoms with E-state index in [0.29, 0.717) is 12.1 Å². The van der Waals surface area contributed by atoms with Crippen LogP contribution >= 0.6 is 0 Å². The molecule has 0 radical (unpaired) electrons. The van der Waals surface area contributed by atoms with Crippen LogP contribution < -0.4 is 10.2 Å². The Bertz CT molecular complexity index is 370. The molecule has 0 saturated carbocycles. The van der Waals surface area contributed by atoms with E-state index in [2.05, 4.69) is 5.32 Å². The Labute approximate surface area is 88.5 Å². The number of anilines is 1. The number of aliphatic hydroxyl groups excluding tert-OH is 1. The summed E-state index contributed by atoms with van der Waals surface area (Å²) in [6, 6.07) is 4.75. The third-order valence-electron chi connectivity index (χ3n) is 2.96. The Morgan fingerprint density at radius 2 is 2.27 bits per heavy atom. The van der Waals surface area contributed by atoms with Crippen LogP contribution in [0.25, 0.3) is 0 Å². The Morgan fingerprint density at radius 3 is 2.93 bits per heavy atom. The lowest BCUT2D eigenvalue weighted by molar-refractivity contribution is 0.125. The second kappa shape index (κ2) is 3.79. The topological polar surface area (TPSA) is 35.5 Å². The van der Waals surface area contributed by atoms with E-state index >= 15 is 0 Å². The Morgan fingerprint density at radius 1 is 1.53 bits per heavy atom. The molecular weight excluding hydrogens is 195 g/mol. The number of likely N-dealkylation sites (N-methyl/N-ethyl adjacent to an activating group) is 2. The van der Waals surface area contributed by atoms with Gasteiger partial charge in [-0.3, -0.25) is 0 Å². The summed E-state index contributed by atoms with van der Waals surface area (Å²) in [6.07, 6.45) is -0.776. The average Bonchev–Trinajstić information content (AvgIpc) is 2.23. The maximum absolute atomic E-state index is 13.6. The number of halogens is 1. The second-order valence-corrected chi connectivity index (χ2v) is 3.89. The molecule has 0 aromatic heterocycles. The van der Waals surface area contributed by atoms with Crippen molar-refractivity contribution in [2.75, 3.05) is 25.5 Å². The molecule has 82 valence electrons. The number of fused-ring (bicyclic) bond motifs is 1. The van der Waals surface area contributed by atoms with E-state index in [9.17, 15) is 9.50 Å². The van der Waals surface area contributed by atoms with Crippen molar-refractivity contribution in [3.63, 3.8) is 0 Å². The maximum atomic E-state index is 13.6. The Hall–Kier alpha value is -1.13. The fourth-order valence-corrected chi connectivity index (χ4v) is 2.09. The van der Waals surface area contributed by atoms with Crippen molar-refractivity contribution < 1.29 is 9.50 Å². The smallest absolute Gasteiger partial charge is 0.131 e. The van der Waals surface area contributed by atoms with Crippen LogP contribution in [0, 0.1) is 5.82 Å². The van der Waals surface area contributed by atoms with Gasteiger partial charge in [-0.05, 0) is 19.2 Å². The quantitative estimate of drug-likeness (QED) is 0.723. The zero-order valence-corrected chi connectivity index (χ0v) is 8.87. The standard InChI is InChI=1S/C11H15FN2O/c1-13-8-6-14(2)9-5-3-4-7(12)10(9)11(8)15/h3-5,8,11,13,15H,6H2,1-2H3. The van der Waals surface area contributed by atoms with Gasteiger partial charge in [-0.25, -0.2) is 4.39 Å². The highest BCUT2D eigenvalue weighted by Crippen LogP contribution is 2.34. The molecule has 1 aliphatic heterocycles. The zero-order chi connectivity index (χ0) is 11.0. The number of aliphatic hydroxyl groups is 1. The molecule has 0 bridgehead atoms. The van der Waals surface area contributed by atoms with E-state index in [1.54, 1.807) is 13.1 Å². The van der Waals surface area contributed by atoms with Crippen LogP contribution in [0.3, 0.4) is 0 Å². The summed E-state index contributed by atoms with van der Waals surface area (Å²) >= 11 is 0. The van der Waals surface area contributed by atoms with Crippen molar-refractivity contribution in [2.45, 2.75) is 12.1 Å². The van der Waals surface area contributed by atoms with E-state index in [1.807, 2.05) is 18.0 Å². The van der Waals surface area contributed by atoms with Gasteiger partial charge in [0.05, 0.1) is 6.04 Å². The first-order chi connectivity index (χ1) is 7.15. The number of benzene rings is 1. The van der Waals surface area contributed by atoms with Gasteiger partial charge in [-0.1, -0.05) is 6.07 Å². The van der Waals surface area contributed by atoms with E-state index < -0.39 is 6.10 Å². The largest absolute Gasteiger partial charge is 0.387 e. The first-order valence-corrected chi connectivity index (χ1v) is 5.00. The molecule has 2 atom stereocenters. The molecule has 2 unspecified atom stereocenters. The van der Waals surface area contributed by atoms with Crippen molar-refractivity contribution in [1.82, 2.24) is 5.32 Å². The zero-order valence-electron chi connectivity index (χ0n) is 8.87. The molecule has 4 heteroatoms. The van der Waals surface area contributed by atoms with Gasteiger partial charge >= 0.3 is 0 Å². The summed E-state index contributed by atoms with van der Waals surface area (Å²) in [5.41, 5.74) is 1.17. The molecular formula is C11H15FN2O. The highest BCUT2D eigenvalue weighted by Gasteiger charge is 2.31. The Balaban J connectivity index is 2.50. The lowest BCUT2D eigenvalue weighted by Gasteiger charge is -2.36. The summed E-state index contributed by atoms with van der Waals surface area (Å²) in [5, 5.41) is 13.0. The van der Waals surface area contributed by atoms with Crippen LogP contribution in [-0.4, -0.2) is 31.8 Å². The van der Waals surface area contributed by atoms with Gasteiger partial charge in [0.2, 0.25) is 0 Å². The molecule has 0 saturated heterocycles. The molecule has 1 aromatic carbocycles. The molecule has 3 nitrogen and oxygen atoms in total. The van der Waals surface area contributed by atoms with Gasteiger partial charge in [-0.15, -0.1) is 0 Å². The first kappa shape index (κ1) is 10.4. The minimum atomic E-state index is -0.776. The third-order valence-corrected chi connectivity index (χ3v) is 2.96. The molecule has 15 heavy (non-hydrogen) atoms. The molecule has 0 aliphatic carbocycles. The number of hydrogen-bond acceptors (Lipinski definition) is 3. The Kier molecular flexibility index (Phi) is 2.63. The number of nitrogens with one attached hydrogen (secondary N) is 1. The number of nitrogens with zero attached hydrogens (tertiary/aromatic N) is 1. The minimum absolute atomic E-state index is 0.126. The lowest BCUT2D eigenvalue weighted by Crippen LogP contribution is -2.46. The van der Waals surface area contributed by atoms with Crippen LogP contribution in [0.15, 0.2) is 18.2 Å². The molecule has 1 aromatic rings. The summed E-state index contributed by atoms with van der Waals surface area (Å²) < 4.78 is 13.6. The van der Waals surface area contributed by atoms with Crippen molar-refractivity contribution >= 4 is 5.69 Å². The summed E-state index contributed by atoms with van der Waals surface area (Å²) in [5.74, 6) is -0.341. The van der Waals surface area contributed by atoms with Crippen LogP contribution in [0.2, 0.25) is 0 Å². The maximum Gasteiger partial charge on any atom is 0.131 e. The van der Waals surface area contributed by atoms with Crippen LogP contribution in [0.5, 0.6) is 0 Å². The van der Waals surface area contributed by atoms with E-state index in [-0.39, 0.29) is 11.9 Å². The molecule has 0 fully saturated rings. The molecule has 2 N–H and O–H groups in total. The van der Waals surface area contributed by atoms with Gasteiger partial charge < -0.3 is 15.3 Å². The minimum Gasteiger partial charge on any atom is -0.387 e. The molecule has 2 rings (SSSR count). The van der Waals surface area contributed by atoms with Gasteiger partial charge in [0.1, 0.15) is 11.9 Å². The third kappa shape index (κ3) is 1.60. The van der Waals surface area contributed by atoms with Gasteiger partial charge in [0.25, 0.3) is 0 Å². The van der Waals surface area contributed by atoms with Gasteiger partial charge in [0.15, 0.2) is 0 Å². The van der Waals surface area contributed by atoms with Gasteiger partial charge in [0, 0.05) is 24.8 Å². The lowest BCUT2D eigenvalue weighted by atomic mass is 9.95. The molecule has 1 heterocycles. The fourth-order valence-electron chi connectivity index (χ4n) is 2.09. The van der Waals surface area contributed by atoms with Crippen LogP contribution in [-0.2, 0) is 0 Å². The van der Waals surface area contributed by atoms with Crippen molar-refractivity contribution in [2.24, 2.45) is 0 Å². The summed E-state index contributed by atoms with van der Waals surface area (Å²) in [7, 11) is 3.67. The fraction of sp³-hybridized carbons (Fsp3) is 0.455. The van der Waals surface area contributed by atoms with Crippen molar-refractivity contribution in [3.05, 3.63) is 29.6 Å². The average molecular weight is 210 g/mol. The van der Waals surface area contributed by atoms with Crippen LogP contribution in [0.1, 0.15) is 11.7 Å². The number of hydrogen-bond donors (Lipinski definition) is 2. The number of rotatable bonds is 1. The van der Waals surface area contributed by atoms with E-state index in [0.717, 1.165) is 5.69 Å². The van der Waals surface area contributed by atoms with Gasteiger partial charge in [-0.2, -0.15) is 0 Å². The SMILES string of the molecule is CNC1CN(C)c2cccc(F)c2C1O. The summed E-state index contributed by atoms with van der Waals surface area (Å²) in [4.78, 5) is 1.95. The van der Waals surface area contributed by atoms with E-state index in [1.165, 1.54) is 6.07 Å². The normalized spacial score (nSPS) is 25.2. The monoisotopic (exact) mass is 210 g/mol. The van der Waals surface area contributed by atoms with Crippen molar-refractivity contribution in [1.29, 1.82) is 0 Å². The van der Waals surface area contributed by atoms with Crippen LogP contribution in [0.4, 0.5) is 10.1 Å². The second-order valence-electron chi connectivity index (χ2n) is 3.89. The molecule has 0 amide bonds. The molecule has 1 aliphatic rings. The molecule has 0 spiro atoms. The first-order valence-electron chi connectivity index (χ1n) is 5.00. The highest BCUT2D eigenvalue weighted by molar-refractivity contribution is 5.57. The van der Waals surface area contributed by atoms with E-state index in [4.69, 9.17) is 0 Å². The predicted octanol–water partition coefficient (Wildman–Crippen LogP) is 0.897. The van der Waals surface area contributed by atoms with Crippen molar-refractivity contribution in [3.8, 4) is 0 Å². The highest BCUT2D eigenvalue weighted by atomic mass is 19.1.